The van der Waals surface area contributed by atoms with Crippen molar-refractivity contribution in [3.63, 3.8) is 0 Å². The van der Waals surface area contributed by atoms with Gasteiger partial charge in [0.25, 0.3) is 0 Å². The average molecular weight is 329 g/mol. The van der Waals surface area contributed by atoms with Crippen molar-refractivity contribution < 1.29 is 98.7 Å². The van der Waals surface area contributed by atoms with Gasteiger partial charge in [-0.25, -0.2) is 0 Å². The zero-order valence-electron chi connectivity index (χ0n) is 11.2. The number of amides is 1. The number of nitrogens with zero attached hydrogens (tertiary/aromatic N) is 1. The molecule has 0 saturated carbocycles. The minimum atomic E-state index is -5.08. The van der Waals surface area contributed by atoms with Crippen molar-refractivity contribution in [2.45, 2.75) is 24.4 Å². The van der Waals surface area contributed by atoms with Crippen molar-refractivity contribution in [3.05, 3.63) is 0 Å². The van der Waals surface area contributed by atoms with Crippen LogP contribution in [-0.4, -0.2) is 74.9 Å². The molecule has 0 bridgehead atoms. The Labute approximate surface area is 159 Å². The molecule has 106 valence electrons. The molecule has 9 nitrogen and oxygen atoms in total. The molecule has 1 fully saturated rings. The molecule has 0 spiro atoms. The smallest absolute Gasteiger partial charge is 0.810 e. The summed E-state index contributed by atoms with van der Waals surface area (Å²) in [6.45, 7) is -1.21. The van der Waals surface area contributed by atoms with Crippen LogP contribution >= 0.6 is 7.60 Å². The largest absolute Gasteiger partial charge is 1.00 e. The zero-order chi connectivity index (χ0) is 14.1. The van der Waals surface area contributed by atoms with Gasteiger partial charge in [-0.3, -0.25) is 4.79 Å². The molecule has 4 N–H and O–H groups in total. The first-order chi connectivity index (χ1) is 8.17. The van der Waals surface area contributed by atoms with Gasteiger partial charge in [0.2, 0.25) is 5.91 Å². The topological polar surface area (TPSA) is 164 Å². The van der Waals surface area contributed by atoms with Crippen molar-refractivity contribution in [2.24, 2.45) is 0 Å². The van der Waals surface area contributed by atoms with Gasteiger partial charge in [0.1, 0.15) is 18.3 Å². The number of carbonyl (C=O) groups excluding carboxylic acids is 1. The third-order valence-corrected chi connectivity index (χ3v) is 3.42. The number of aliphatic hydroxyl groups is 4. The van der Waals surface area contributed by atoms with E-state index in [1.165, 1.54) is 0 Å². The predicted molar refractivity (Wildman–Crippen MR) is 53.1 cm³/mol. The summed E-state index contributed by atoms with van der Waals surface area (Å²) in [6.07, 6.45) is -5.97. The van der Waals surface area contributed by atoms with Crippen molar-refractivity contribution in [1.82, 2.24) is 4.90 Å². The van der Waals surface area contributed by atoms with E-state index in [-0.39, 0.29) is 59.1 Å². The summed E-state index contributed by atoms with van der Waals surface area (Å²) >= 11 is 0. The van der Waals surface area contributed by atoms with Gasteiger partial charge >= 0.3 is 59.1 Å². The summed E-state index contributed by atoms with van der Waals surface area (Å²) in [5.74, 6) is -1.13. The van der Waals surface area contributed by atoms with Gasteiger partial charge in [-0.1, -0.05) is 7.60 Å². The van der Waals surface area contributed by atoms with E-state index in [0.29, 0.717) is 4.90 Å². The third kappa shape index (κ3) is 6.29. The number of aliphatic hydroxyl groups excluding tert-OH is 4. The number of likely N-dealkylation sites (tertiary alicyclic amines) is 1. The summed E-state index contributed by atoms with van der Waals surface area (Å²) < 4.78 is 10.5. The molecule has 0 aliphatic carbocycles. The fourth-order valence-electron chi connectivity index (χ4n) is 1.83. The normalized spacial score (nSPS) is 30.2. The van der Waals surface area contributed by atoms with E-state index in [0.717, 1.165) is 0 Å². The Morgan fingerprint density at radius 2 is 1.70 bits per heavy atom. The number of piperidine rings is 1. The summed E-state index contributed by atoms with van der Waals surface area (Å²) in [6, 6.07) is -1.26. The monoisotopic (exact) mass is 329 g/mol. The molecule has 4 atom stereocenters. The van der Waals surface area contributed by atoms with Crippen LogP contribution < -0.4 is 68.9 Å². The van der Waals surface area contributed by atoms with Crippen LogP contribution in [0.5, 0.6) is 0 Å². The summed E-state index contributed by atoms with van der Waals surface area (Å²) in [5.41, 5.74) is 0. The average Bonchev–Trinajstić information content (AvgIpc) is 2.23. The molecule has 1 amide bonds. The Morgan fingerprint density at radius 3 is 2.10 bits per heavy atom. The van der Waals surface area contributed by atoms with E-state index >= 15 is 0 Å². The zero-order valence-corrected chi connectivity index (χ0v) is 16.1. The predicted octanol–water partition coefficient (Wildman–Crippen LogP) is -10.8. The molecular weight excluding hydrogens is 315 g/mol. The number of rotatable bonds is 3. The maximum atomic E-state index is 11.5. The number of β-amino-alcohol motifs (C(OH)–C–C–N with tert-alkyl or cyclic N) is 1. The van der Waals surface area contributed by atoms with E-state index in [2.05, 4.69) is 0 Å². The van der Waals surface area contributed by atoms with Crippen LogP contribution in [0, 0.1) is 0 Å². The van der Waals surface area contributed by atoms with Crippen LogP contribution in [0.3, 0.4) is 0 Å². The quantitative estimate of drug-likeness (QED) is 0.293. The molecule has 0 aromatic carbocycles. The first-order valence-electron chi connectivity index (χ1n) is 5.13. The molecule has 12 heteroatoms. The SMILES string of the molecule is O=C(CP(=O)([O-])[O-])N1CC(O)C(O)C(O)C1CO.[Na+].[Na+]. The molecular formula is C8H14NNa2O8P. The molecule has 1 heterocycles. The second kappa shape index (κ2) is 9.57. The van der Waals surface area contributed by atoms with E-state index in [1.807, 2.05) is 0 Å². The number of carbonyl (C=O) groups is 1. The van der Waals surface area contributed by atoms with Crippen LogP contribution in [0.2, 0.25) is 0 Å². The Morgan fingerprint density at radius 1 is 1.20 bits per heavy atom. The minimum Gasteiger partial charge on any atom is -0.810 e. The van der Waals surface area contributed by atoms with E-state index in [9.17, 15) is 34.5 Å². The fourth-order valence-corrected chi connectivity index (χ4v) is 2.35. The molecule has 20 heavy (non-hydrogen) atoms. The van der Waals surface area contributed by atoms with Crippen molar-refractivity contribution in [1.29, 1.82) is 0 Å². The number of hydrogen-bond acceptors (Lipinski definition) is 8. The molecule has 1 aliphatic rings. The van der Waals surface area contributed by atoms with E-state index in [4.69, 9.17) is 5.11 Å². The van der Waals surface area contributed by atoms with E-state index in [1.54, 1.807) is 0 Å². The Balaban J connectivity index is 0. The molecule has 0 aromatic heterocycles. The van der Waals surface area contributed by atoms with Gasteiger partial charge in [0.15, 0.2) is 0 Å². The second-order valence-electron chi connectivity index (χ2n) is 4.11. The molecule has 1 aliphatic heterocycles. The van der Waals surface area contributed by atoms with Crippen LogP contribution in [0.25, 0.3) is 0 Å². The molecule has 1 saturated heterocycles. The van der Waals surface area contributed by atoms with Gasteiger partial charge in [-0.2, -0.15) is 0 Å². The van der Waals surface area contributed by atoms with Gasteiger partial charge in [0, 0.05) is 6.54 Å². The van der Waals surface area contributed by atoms with Gasteiger partial charge in [-0.15, -0.1) is 0 Å². The summed E-state index contributed by atoms with van der Waals surface area (Å²) in [7, 11) is -5.08. The maximum Gasteiger partial charge on any atom is 1.00 e. The number of hydrogen-bond donors (Lipinski definition) is 4. The maximum absolute atomic E-state index is 11.5. The van der Waals surface area contributed by atoms with Crippen LogP contribution in [-0.2, 0) is 9.36 Å². The summed E-state index contributed by atoms with van der Waals surface area (Å²) in [4.78, 5) is 33.2. The van der Waals surface area contributed by atoms with Crippen LogP contribution in [0.1, 0.15) is 0 Å². The summed E-state index contributed by atoms with van der Waals surface area (Å²) in [5, 5.41) is 37.3. The van der Waals surface area contributed by atoms with Gasteiger partial charge < -0.3 is 39.7 Å². The minimum absolute atomic E-state index is 0. The Kier molecular flexibility index (Phi) is 11.3. The van der Waals surface area contributed by atoms with Crippen molar-refractivity contribution >= 4 is 13.5 Å². The first kappa shape index (κ1) is 23.7. The standard InChI is InChI=1S/C8H16NO8P.2Na/c10-2-4-7(13)8(14)5(11)1-9(4)6(12)3-18(15,16)17;;/h4-5,7-8,10-11,13-14H,1-3H2,(H2,15,16,17);;/q;2*+1/p-2. The van der Waals surface area contributed by atoms with Gasteiger partial charge in [-0.05, 0) is 0 Å². The fraction of sp³-hybridized carbons (Fsp3) is 0.875. The Bertz CT molecular complexity index is 366. The second-order valence-corrected chi connectivity index (χ2v) is 5.65. The van der Waals surface area contributed by atoms with Gasteiger partial charge in [0.05, 0.1) is 18.8 Å². The van der Waals surface area contributed by atoms with Crippen LogP contribution in [0.15, 0.2) is 0 Å². The molecule has 0 radical (unpaired) electrons. The third-order valence-electron chi connectivity index (χ3n) is 2.76. The molecule has 1 rings (SSSR count). The van der Waals surface area contributed by atoms with Crippen LogP contribution in [0.4, 0.5) is 0 Å². The molecule has 4 unspecified atom stereocenters. The van der Waals surface area contributed by atoms with E-state index < -0.39 is 57.2 Å². The first-order valence-corrected chi connectivity index (χ1v) is 6.85. The Hall–Kier alpha value is 1.46. The van der Waals surface area contributed by atoms with Crippen molar-refractivity contribution in [3.8, 4) is 0 Å². The molecule has 0 aromatic rings. The van der Waals surface area contributed by atoms with Crippen molar-refractivity contribution in [2.75, 3.05) is 19.3 Å².